The molecule has 2 rings (SSSR count). The van der Waals surface area contributed by atoms with Crippen molar-refractivity contribution in [2.24, 2.45) is 5.73 Å². The molecule has 0 aromatic carbocycles. The Morgan fingerprint density at radius 2 is 2.47 bits per heavy atom. The molecule has 6 heteroatoms. The summed E-state index contributed by atoms with van der Waals surface area (Å²) in [5.74, 6) is 0.248. The van der Waals surface area contributed by atoms with Gasteiger partial charge in [-0.15, -0.1) is 0 Å². The third-order valence-corrected chi connectivity index (χ3v) is 3.28. The molecule has 106 valence electrons. The van der Waals surface area contributed by atoms with Crippen LogP contribution in [0.3, 0.4) is 0 Å². The lowest BCUT2D eigenvalue weighted by atomic mass is 10.1. The summed E-state index contributed by atoms with van der Waals surface area (Å²) in [5.41, 5.74) is 6.33. The average Bonchev–Trinajstić information content (AvgIpc) is 2.86. The van der Waals surface area contributed by atoms with E-state index in [1.807, 2.05) is 6.92 Å². The van der Waals surface area contributed by atoms with E-state index >= 15 is 0 Å². The fourth-order valence-corrected chi connectivity index (χ4v) is 2.15. The first kappa shape index (κ1) is 14.0. The first-order valence-electron chi connectivity index (χ1n) is 6.36. The second kappa shape index (κ2) is 6.18. The van der Waals surface area contributed by atoms with Crippen molar-refractivity contribution in [2.45, 2.75) is 25.6 Å². The lowest BCUT2D eigenvalue weighted by Gasteiger charge is -2.34. The summed E-state index contributed by atoms with van der Waals surface area (Å²) in [5, 5.41) is 0. The monoisotopic (exact) mass is 268 g/mol. The smallest absolute Gasteiger partial charge is 0.341 e. The molecule has 1 fully saturated rings. The molecule has 0 amide bonds. The molecule has 0 saturated carbocycles. The average molecular weight is 268 g/mol. The van der Waals surface area contributed by atoms with Crippen LogP contribution in [0.25, 0.3) is 0 Å². The molecule has 6 nitrogen and oxygen atoms in total. The van der Waals surface area contributed by atoms with Gasteiger partial charge in [0, 0.05) is 19.1 Å². The number of hydrogen-bond donors (Lipinski definition) is 1. The zero-order valence-corrected chi connectivity index (χ0v) is 11.3. The maximum Gasteiger partial charge on any atom is 0.341 e. The first-order valence-corrected chi connectivity index (χ1v) is 6.36. The second-order valence-corrected chi connectivity index (χ2v) is 4.75. The van der Waals surface area contributed by atoms with Gasteiger partial charge in [0.25, 0.3) is 0 Å². The van der Waals surface area contributed by atoms with Gasteiger partial charge >= 0.3 is 5.97 Å². The number of furan rings is 1. The van der Waals surface area contributed by atoms with Gasteiger partial charge in [0.1, 0.15) is 11.3 Å². The number of methoxy groups -OCH3 is 1. The quantitative estimate of drug-likeness (QED) is 0.806. The third kappa shape index (κ3) is 3.34. The fourth-order valence-electron chi connectivity index (χ4n) is 2.15. The Bertz CT molecular complexity index is 430. The molecule has 1 aromatic rings. The highest BCUT2D eigenvalue weighted by molar-refractivity contribution is 5.90. The summed E-state index contributed by atoms with van der Waals surface area (Å²) in [7, 11) is 1.36. The fraction of sp³-hybridized carbons (Fsp3) is 0.615. The maximum absolute atomic E-state index is 11.6. The van der Waals surface area contributed by atoms with Gasteiger partial charge in [-0.2, -0.15) is 0 Å². The van der Waals surface area contributed by atoms with Crippen LogP contribution in [-0.4, -0.2) is 49.8 Å². The second-order valence-electron chi connectivity index (χ2n) is 4.75. The van der Waals surface area contributed by atoms with Crippen LogP contribution in [0.2, 0.25) is 0 Å². The van der Waals surface area contributed by atoms with Gasteiger partial charge in [0.05, 0.1) is 32.6 Å². The number of nitrogens with zero attached hydrogens (tertiary/aromatic N) is 1. The molecular formula is C13H20N2O4. The summed E-state index contributed by atoms with van der Waals surface area (Å²) in [6.45, 7) is 4.66. The molecule has 1 aliphatic rings. The number of carbonyl (C=O) groups excluding carboxylic acids is 1. The Balaban J connectivity index is 2.01. The van der Waals surface area contributed by atoms with E-state index in [0.717, 1.165) is 13.1 Å². The molecular weight excluding hydrogens is 248 g/mol. The van der Waals surface area contributed by atoms with Crippen LogP contribution in [0.4, 0.5) is 0 Å². The van der Waals surface area contributed by atoms with Gasteiger partial charge in [0.2, 0.25) is 0 Å². The van der Waals surface area contributed by atoms with Crippen LogP contribution in [0.5, 0.6) is 0 Å². The van der Waals surface area contributed by atoms with E-state index in [-0.39, 0.29) is 18.1 Å². The van der Waals surface area contributed by atoms with Crippen molar-refractivity contribution in [3.8, 4) is 0 Å². The summed E-state index contributed by atoms with van der Waals surface area (Å²) in [4.78, 5) is 13.7. The molecule has 0 aliphatic carbocycles. The normalized spacial score (nSPS) is 22.2. The van der Waals surface area contributed by atoms with E-state index < -0.39 is 0 Å². The van der Waals surface area contributed by atoms with Crippen molar-refractivity contribution in [3.05, 3.63) is 23.7 Å². The van der Waals surface area contributed by atoms with Crippen molar-refractivity contribution < 1.29 is 18.7 Å². The summed E-state index contributed by atoms with van der Waals surface area (Å²) >= 11 is 0. The molecule has 1 saturated heterocycles. The number of esters is 1. The highest BCUT2D eigenvalue weighted by Crippen LogP contribution is 2.17. The molecule has 2 atom stereocenters. The lowest BCUT2D eigenvalue weighted by molar-refractivity contribution is -0.0420. The number of nitrogens with two attached hydrogens (primary N) is 1. The van der Waals surface area contributed by atoms with Crippen molar-refractivity contribution in [2.75, 3.05) is 26.8 Å². The van der Waals surface area contributed by atoms with E-state index in [4.69, 9.17) is 19.6 Å². The highest BCUT2D eigenvalue weighted by atomic mass is 16.5. The third-order valence-electron chi connectivity index (χ3n) is 3.28. The summed E-state index contributed by atoms with van der Waals surface area (Å²) < 4.78 is 15.7. The van der Waals surface area contributed by atoms with Gasteiger partial charge in [-0.25, -0.2) is 4.79 Å². The molecule has 2 unspecified atom stereocenters. The predicted octanol–water partition coefficient (Wildman–Crippen LogP) is 0.614. The van der Waals surface area contributed by atoms with E-state index in [9.17, 15) is 4.79 Å². The molecule has 0 bridgehead atoms. The Labute approximate surface area is 112 Å². The molecule has 2 heterocycles. The number of hydrogen-bond acceptors (Lipinski definition) is 6. The summed E-state index contributed by atoms with van der Waals surface area (Å²) in [6.07, 6.45) is 1.52. The Morgan fingerprint density at radius 3 is 3.16 bits per heavy atom. The Hall–Kier alpha value is -1.37. The first-order chi connectivity index (χ1) is 9.11. The lowest BCUT2D eigenvalue weighted by Crippen LogP contribution is -2.49. The number of rotatable bonds is 4. The van der Waals surface area contributed by atoms with Crippen LogP contribution < -0.4 is 5.73 Å². The number of carbonyl (C=O) groups is 1. The van der Waals surface area contributed by atoms with Crippen molar-refractivity contribution >= 4 is 5.97 Å². The standard InChI is InChI=1S/C13H20N2O4/c1-9(14)11-7-15(4-6-19-11)8-12-10(3-5-18-12)13(16)17-2/h3,5,9,11H,4,6-8,14H2,1-2H3. The van der Waals surface area contributed by atoms with Crippen molar-refractivity contribution in [1.29, 1.82) is 0 Å². The molecule has 1 aromatic heterocycles. The van der Waals surface area contributed by atoms with Gasteiger partial charge in [-0.05, 0) is 13.0 Å². The van der Waals surface area contributed by atoms with Crippen LogP contribution >= 0.6 is 0 Å². The van der Waals surface area contributed by atoms with Gasteiger partial charge < -0.3 is 19.6 Å². The number of ether oxygens (including phenoxy) is 2. The summed E-state index contributed by atoms with van der Waals surface area (Å²) in [6, 6.07) is 1.62. The molecule has 1 aliphatic heterocycles. The highest BCUT2D eigenvalue weighted by Gasteiger charge is 2.25. The minimum absolute atomic E-state index is 0.0144. The van der Waals surface area contributed by atoms with E-state index in [0.29, 0.717) is 24.5 Å². The zero-order chi connectivity index (χ0) is 13.8. The van der Waals surface area contributed by atoms with Crippen molar-refractivity contribution in [1.82, 2.24) is 4.90 Å². The van der Waals surface area contributed by atoms with Gasteiger partial charge in [0.15, 0.2) is 0 Å². The Kier molecular flexibility index (Phi) is 4.57. The molecule has 2 N–H and O–H groups in total. The molecule has 0 radical (unpaired) electrons. The zero-order valence-electron chi connectivity index (χ0n) is 11.3. The predicted molar refractivity (Wildman–Crippen MR) is 68.7 cm³/mol. The molecule has 19 heavy (non-hydrogen) atoms. The Morgan fingerprint density at radius 1 is 1.68 bits per heavy atom. The minimum atomic E-state index is -0.374. The van der Waals surface area contributed by atoms with E-state index in [1.165, 1.54) is 13.4 Å². The number of morpholine rings is 1. The van der Waals surface area contributed by atoms with Crippen LogP contribution in [0, 0.1) is 0 Å². The molecule has 0 spiro atoms. The topological polar surface area (TPSA) is 77.9 Å². The van der Waals surface area contributed by atoms with Crippen LogP contribution in [0.15, 0.2) is 16.7 Å². The van der Waals surface area contributed by atoms with E-state index in [1.54, 1.807) is 6.07 Å². The van der Waals surface area contributed by atoms with Crippen molar-refractivity contribution in [3.63, 3.8) is 0 Å². The van der Waals surface area contributed by atoms with E-state index in [2.05, 4.69) is 4.90 Å². The maximum atomic E-state index is 11.6. The largest absolute Gasteiger partial charge is 0.467 e. The van der Waals surface area contributed by atoms with Gasteiger partial charge in [-0.1, -0.05) is 0 Å². The van der Waals surface area contributed by atoms with Gasteiger partial charge in [-0.3, -0.25) is 4.90 Å². The van der Waals surface area contributed by atoms with Crippen LogP contribution in [0.1, 0.15) is 23.0 Å². The SMILES string of the molecule is COC(=O)c1ccoc1CN1CCOC(C(C)N)C1. The minimum Gasteiger partial charge on any atom is -0.467 e. The van der Waals surface area contributed by atoms with Crippen LogP contribution in [-0.2, 0) is 16.0 Å².